The normalized spacial score (nSPS) is 13.1. The minimum absolute atomic E-state index is 0.0583. The molecular weight excluding hydrogens is 568 g/mol. The molecule has 0 spiro atoms. The van der Waals surface area contributed by atoms with Gasteiger partial charge in [-0.15, -0.1) is 0 Å². The van der Waals surface area contributed by atoms with Crippen molar-refractivity contribution in [1.82, 2.24) is 10.2 Å². The van der Waals surface area contributed by atoms with Crippen molar-refractivity contribution in [2.45, 2.75) is 52.2 Å². The molecule has 2 aromatic carbocycles. The minimum Gasteiger partial charge on any atom is -0.352 e. The number of carbonyl (C=O) groups is 2. The van der Waals surface area contributed by atoms with Crippen LogP contribution < -0.4 is 9.62 Å². The highest BCUT2D eigenvalue weighted by molar-refractivity contribution is 7.92. The van der Waals surface area contributed by atoms with Crippen LogP contribution in [0.15, 0.2) is 36.4 Å². The molecule has 0 aromatic heterocycles. The number of rotatable bonds is 11. The fourth-order valence-electron chi connectivity index (χ4n) is 3.49. The van der Waals surface area contributed by atoms with E-state index < -0.39 is 28.5 Å². The van der Waals surface area contributed by atoms with Crippen LogP contribution in [0.2, 0.25) is 20.1 Å². The van der Waals surface area contributed by atoms with Crippen LogP contribution in [0.1, 0.15) is 39.2 Å². The number of hydrogen-bond acceptors (Lipinski definition) is 4. The Kier molecular flexibility index (Phi) is 11.2. The highest BCUT2D eigenvalue weighted by Crippen LogP contribution is 2.31. The van der Waals surface area contributed by atoms with E-state index in [9.17, 15) is 18.0 Å². The molecule has 0 aliphatic carbocycles. The SMILES string of the molecule is CCC(C)NC(=O)C(CC)N(Cc1c(Cl)cccc1Cl)C(=O)CN(c1ccc(Cl)cc1Cl)S(C)(=O)=O. The fraction of sp³-hybridized carbons (Fsp3) is 0.417. The number of carbonyl (C=O) groups excluding carboxylic acids is 2. The number of halogens is 4. The average Bonchev–Trinajstić information content (AvgIpc) is 2.78. The third-order valence-electron chi connectivity index (χ3n) is 5.63. The number of amides is 2. The minimum atomic E-state index is -3.94. The molecule has 12 heteroatoms. The van der Waals surface area contributed by atoms with E-state index in [0.717, 1.165) is 10.6 Å². The molecule has 0 heterocycles. The van der Waals surface area contributed by atoms with E-state index in [0.29, 0.717) is 27.1 Å². The summed E-state index contributed by atoms with van der Waals surface area (Å²) >= 11 is 25.0. The Balaban J connectivity index is 2.53. The maximum atomic E-state index is 13.7. The summed E-state index contributed by atoms with van der Waals surface area (Å²) in [4.78, 5) is 28.2. The van der Waals surface area contributed by atoms with Crippen molar-refractivity contribution in [2.24, 2.45) is 0 Å². The first-order valence-electron chi connectivity index (χ1n) is 11.3. The van der Waals surface area contributed by atoms with Gasteiger partial charge < -0.3 is 10.2 Å². The summed E-state index contributed by atoms with van der Waals surface area (Å²) in [5.74, 6) is -0.993. The Morgan fingerprint density at radius 3 is 2.08 bits per heavy atom. The number of nitrogens with one attached hydrogen (secondary N) is 1. The molecule has 0 aliphatic heterocycles. The van der Waals surface area contributed by atoms with Gasteiger partial charge in [0.2, 0.25) is 21.8 Å². The van der Waals surface area contributed by atoms with Crippen LogP contribution in [0, 0.1) is 0 Å². The van der Waals surface area contributed by atoms with Gasteiger partial charge in [0.1, 0.15) is 12.6 Å². The monoisotopic (exact) mass is 595 g/mol. The van der Waals surface area contributed by atoms with Crippen LogP contribution >= 0.6 is 46.4 Å². The molecule has 7 nitrogen and oxygen atoms in total. The number of sulfonamides is 1. The Bertz CT molecular complexity index is 1190. The molecule has 36 heavy (non-hydrogen) atoms. The molecule has 198 valence electrons. The van der Waals surface area contributed by atoms with E-state index in [-0.39, 0.29) is 35.6 Å². The smallest absolute Gasteiger partial charge is 0.244 e. The molecule has 2 unspecified atom stereocenters. The molecule has 0 aliphatic rings. The van der Waals surface area contributed by atoms with Crippen molar-refractivity contribution >= 4 is 73.9 Å². The molecule has 2 amide bonds. The molecule has 2 rings (SSSR count). The number of hydrogen-bond donors (Lipinski definition) is 1. The fourth-order valence-corrected chi connectivity index (χ4v) is 5.43. The summed E-state index contributed by atoms with van der Waals surface area (Å²) in [6.45, 7) is 4.85. The topological polar surface area (TPSA) is 86.8 Å². The Morgan fingerprint density at radius 2 is 1.58 bits per heavy atom. The van der Waals surface area contributed by atoms with E-state index in [1.54, 1.807) is 25.1 Å². The maximum Gasteiger partial charge on any atom is 0.244 e. The van der Waals surface area contributed by atoms with Crippen LogP contribution in [0.5, 0.6) is 0 Å². The van der Waals surface area contributed by atoms with Crippen LogP contribution in [-0.2, 0) is 26.2 Å². The molecule has 0 fully saturated rings. The van der Waals surface area contributed by atoms with Gasteiger partial charge in [0.25, 0.3) is 0 Å². The zero-order valence-electron chi connectivity index (χ0n) is 20.4. The molecule has 1 N–H and O–H groups in total. The first-order chi connectivity index (χ1) is 16.8. The van der Waals surface area contributed by atoms with Gasteiger partial charge >= 0.3 is 0 Å². The van der Waals surface area contributed by atoms with Gasteiger partial charge in [0, 0.05) is 33.2 Å². The summed E-state index contributed by atoms with van der Waals surface area (Å²) in [6.07, 6.45) is 1.94. The van der Waals surface area contributed by atoms with Crippen LogP contribution in [-0.4, -0.2) is 50.0 Å². The number of benzene rings is 2. The van der Waals surface area contributed by atoms with Gasteiger partial charge in [-0.3, -0.25) is 13.9 Å². The lowest BCUT2D eigenvalue weighted by atomic mass is 10.1. The molecule has 0 saturated carbocycles. The Labute approximate surface area is 232 Å². The van der Waals surface area contributed by atoms with E-state index >= 15 is 0 Å². The molecule has 2 aromatic rings. The van der Waals surface area contributed by atoms with E-state index in [2.05, 4.69) is 5.32 Å². The lowest BCUT2D eigenvalue weighted by Gasteiger charge is -2.34. The number of anilines is 1. The quantitative estimate of drug-likeness (QED) is 0.356. The highest BCUT2D eigenvalue weighted by atomic mass is 35.5. The Hall–Kier alpha value is -1.71. The molecular formula is C24H29Cl4N3O4S. The summed E-state index contributed by atoms with van der Waals surface area (Å²) in [5, 5.41) is 3.90. The zero-order valence-corrected chi connectivity index (χ0v) is 24.2. The van der Waals surface area contributed by atoms with Gasteiger partial charge in [0.15, 0.2) is 0 Å². The van der Waals surface area contributed by atoms with Crippen molar-refractivity contribution in [3.63, 3.8) is 0 Å². The molecule has 2 atom stereocenters. The molecule has 0 radical (unpaired) electrons. The van der Waals surface area contributed by atoms with Crippen LogP contribution in [0.3, 0.4) is 0 Å². The highest BCUT2D eigenvalue weighted by Gasteiger charge is 2.33. The summed E-state index contributed by atoms with van der Waals surface area (Å²) < 4.78 is 26.3. The predicted molar refractivity (Wildman–Crippen MR) is 148 cm³/mol. The molecule has 0 saturated heterocycles. The van der Waals surface area contributed by atoms with Crippen LogP contribution in [0.25, 0.3) is 0 Å². The largest absolute Gasteiger partial charge is 0.352 e. The van der Waals surface area contributed by atoms with Gasteiger partial charge in [0.05, 0.1) is 17.0 Å². The van der Waals surface area contributed by atoms with Gasteiger partial charge in [-0.25, -0.2) is 8.42 Å². The second-order valence-electron chi connectivity index (χ2n) is 8.33. The second-order valence-corrected chi connectivity index (χ2v) is 11.9. The standard InChI is InChI=1S/C24H29Cl4N3O4S/c1-5-15(3)29-24(33)21(6-2)30(13-17-18(26)8-7-9-19(17)27)23(32)14-31(36(4,34)35)22-11-10-16(25)12-20(22)28/h7-12,15,21H,5-6,13-14H2,1-4H3,(H,29,33). The first-order valence-corrected chi connectivity index (χ1v) is 14.6. The van der Waals surface area contributed by atoms with Crippen molar-refractivity contribution < 1.29 is 18.0 Å². The first kappa shape index (κ1) is 30.5. The predicted octanol–water partition coefficient (Wildman–Crippen LogP) is 5.79. The van der Waals surface area contributed by atoms with E-state index in [1.807, 2.05) is 13.8 Å². The third kappa shape index (κ3) is 7.89. The number of nitrogens with zero attached hydrogens (tertiary/aromatic N) is 2. The average molecular weight is 597 g/mol. The Morgan fingerprint density at radius 1 is 0.972 bits per heavy atom. The van der Waals surface area contributed by atoms with Crippen LogP contribution in [0.4, 0.5) is 5.69 Å². The van der Waals surface area contributed by atoms with Gasteiger partial charge in [-0.2, -0.15) is 0 Å². The summed E-state index contributed by atoms with van der Waals surface area (Å²) in [6, 6.07) is 8.18. The third-order valence-corrected chi connectivity index (χ3v) is 8.01. The molecule has 0 bridgehead atoms. The summed E-state index contributed by atoms with van der Waals surface area (Å²) in [7, 11) is -3.94. The lowest BCUT2D eigenvalue weighted by Crippen LogP contribution is -2.53. The van der Waals surface area contributed by atoms with Crippen molar-refractivity contribution in [3.05, 3.63) is 62.1 Å². The van der Waals surface area contributed by atoms with E-state index in [4.69, 9.17) is 46.4 Å². The van der Waals surface area contributed by atoms with E-state index in [1.165, 1.54) is 23.1 Å². The van der Waals surface area contributed by atoms with Crippen molar-refractivity contribution in [3.8, 4) is 0 Å². The van der Waals surface area contributed by atoms with Gasteiger partial charge in [-0.1, -0.05) is 66.3 Å². The zero-order chi connectivity index (χ0) is 27.2. The maximum absolute atomic E-state index is 13.7. The second kappa shape index (κ2) is 13.2. The van der Waals surface area contributed by atoms with Gasteiger partial charge in [-0.05, 0) is 50.1 Å². The van der Waals surface area contributed by atoms with Crippen molar-refractivity contribution in [2.75, 3.05) is 17.1 Å². The summed E-state index contributed by atoms with van der Waals surface area (Å²) in [5.41, 5.74) is 0.532. The lowest BCUT2D eigenvalue weighted by molar-refractivity contribution is -0.140. The van der Waals surface area contributed by atoms with Crippen molar-refractivity contribution in [1.29, 1.82) is 0 Å².